The summed E-state index contributed by atoms with van der Waals surface area (Å²) in [6, 6.07) is 2.48. The zero-order chi connectivity index (χ0) is 16.0. The Morgan fingerprint density at radius 2 is 2.10 bits per heavy atom. The van der Waals surface area contributed by atoms with Gasteiger partial charge in [0.2, 0.25) is 5.91 Å². The van der Waals surface area contributed by atoms with Gasteiger partial charge in [-0.1, -0.05) is 0 Å². The predicted molar refractivity (Wildman–Crippen MR) is 68.5 cm³/mol. The topological polar surface area (TPSA) is 111 Å². The number of carbonyl (C=O) groups excluding carboxylic acids is 1. The van der Waals surface area contributed by atoms with Crippen LogP contribution in [-0.4, -0.2) is 36.7 Å². The van der Waals surface area contributed by atoms with Gasteiger partial charge in [-0.15, -0.1) is 0 Å². The molecule has 0 spiro atoms. The number of carbonyl (C=O) groups is 2. The molecule has 7 nitrogen and oxygen atoms in total. The first-order valence-corrected chi connectivity index (χ1v) is 5.74. The third-order valence-electron chi connectivity index (χ3n) is 2.39. The summed E-state index contributed by atoms with van der Waals surface area (Å²) in [5.74, 6) is -2.10. The molecule has 4 N–H and O–H groups in total. The first-order chi connectivity index (χ1) is 9.83. The molecular formula is C12H14F2N2O5. The smallest absolute Gasteiger partial charge is 0.387 e. The van der Waals surface area contributed by atoms with Gasteiger partial charge in [0.1, 0.15) is 11.5 Å². The lowest BCUT2D eigenvalue weighted by Crippen LogP contribution is -2.37. The number of carboxylic acids is 1. The predicted octanol–water partition coefficient (Wildman–Crippen LogP) is 1.04. The van der Waals surface area contributed by atoms with Crippen LogP contribution in [-0.2, 0) is 9.59 Å². The van der Waals surface area contributed by atoms with Gasteiger partial charge in [-0.3, -0.25) is 9.59 Å². The van der Waals surface area contributed by atoms with Crippen LogP contribution in [0, 0.1) is 0 Å². The number of nitrogens with two attached hydrogens (primary N) is 1. The Bertz CT molecular complexity index is 524. The van der Waals surface area contributed by atoms with Crippen LogP contribution in [0.3, 0.4) is 0 Å². The number of anilines is 1. The van der Waals surface area contributed by atoms with Crippen LogP contribution in [0.2, 0.25) is 0 Å². The third kappa shape index (κ3) is 5.22. The summed E-state index contributed by atoms with van der Waals surface area (Å²) < 4.78 is 33.7. The Hall–Kier alpha value is -2.42. The monoisotopic (exact) mass is 304 g/mol. The highest BCUT2D eigenvalue weighted by Crippen LogP contribution is 2.30. The van der Waals surface area contributed by atoms with E-state index < -0.39 is 31.0 Å². The van der Waals surface area contributed by atoms with Gasteiger partial charge in [0.05, 0.1) is 25.3 Å². The Labute approximate surface area is 118 Å². The lowest BCUT2D eigenvalue weighted by atomic mass is 10.2. The fourth-order valence-electron chi connectivity index (χ4n) is 1.44. The summed E-state index contributed by atoms with van der Waals surface area (Å²) in [5, 5.41) is 10.8. The molecule has 1 aromatic rings. The number of rotatable bonds is 7. The largest absolute Gasteiger partial charge is 0.497 e. The van der Waals surface area contributed by atoms with Gasteiger partial charge in [0, 0.05) is 6.07 Å². The van der Waals surface area contributed by atoms with Crippen molar-refractivity contribution in [1.82, 2.24) is 0 Å². The summed E-state index contributed by atoms with van der Waals surface area (Å²) in [5.41, 5.74) is 5.28. The van der Waals surface area contributed by atoms with Gasteiger partial charge in [-0.05, 0) is 12.1 Å². The number of amides is 1. The second-order valence-corrected chi connectivity index (χ2v) is 3.93. The van der Waals surface area contributed by atoms with Crippen LogP contribution in [0.1, 0.15) is 6.42 Å². The maximum atomic E-state index is 12.3. The molecule has 116 valence electrons. The number of ether oxygens (including phenoxy) is 2. The fraction of sp³-hybridized carbons (Fsp3) is 0.333. The number of alkyl halides is 2. The van der Waals surface area contributed by atoms with Crippen molar-refractivity contribution in [1.29, 1.82) is 0 Å². The molecule has 1 rings (SSSR count). The van der Waals surface area contributed by atoms with Gasteiger partial charge in [0.25, 0.3) is 0 Å². The van der Waals surface area contributed by atoms with Gasteiger partial charge in [-0.2, -0.15) is 8.78 Å². The second kappa shape index (κ2) is 7.39. The summed E-state index contributed by atoms with van der Waals surface area (Å²) >= 11 is 0. The van der Waals surface area contributed by atoms with Crippen molar-refractivity contribution in [2.24, 2.45) is 5.73 Å². The Morgan fingerprint density at radius 1 is 1.43 bits per heavy atom. The van der Waals surface area contributed by atoms with Crippen LogP contribution < -0.4 is 20.5 Å². The van der Waals surface area contributed by atoms with Crippen molar-refractivity contribution in [3.05, 3.63) is 18.2 Å². The van der Waals surface area contributed by atoms with Crippen molar-refractivity contribution in [2.45, 2.75) is 19.1 Å². The summed E-state index contributed by atoms with van der Waals surface area (Å²) in [6.45, 7) is -3.08. The van der Waals surface area contributed by atoms with Gasteiger partial charge >= 0.3 is 12.6 Å². The number of nitrogens with one attached hydrogen (secondary N) is 1. The Balaban J connectivity index is 2.93. The molecule has 1 atom stereocenters. The minimum absolute atomic E-state index is 0.0968. The summed E-state index contributed by atoms with van der Waals surface area (Å²) in [7, 11) is 1.35. The molecule has 0 aliphatic rings. The number of carboxylic acid groups (broad SMARTS) is 1. The molecular weight excluding hydrogens is 290 g/mol. The zero-order valence-electron chi connectivity index (χ0n) is 11.0. The van der Waals surface area contributed by atoms with Crippen LogP contribution in [0.25, 0.3) is 0 Å². The first-order valence-electron chi connectivity index (χ1n) is 5.74. The number of methoxy groups -OCH3 is 1. The lowest BCUT2D eigenvalue weighted by Gasteiger charge is -2.15. The summed E-state index contributed by atoms with van der Waals surface area (Å²) in [6.07, 6.45) is -0.596. The zero-order valence-corrected chi connectivity index (χ0v) is 11.0. The van der Waals surface area contributed by atoms with E-state index >= 15 is 0 Å². The average Bonchev–Trinajstić information content (AvgIpc) is 2.39. The molecule has 1 unspecified atom stereocenters. The first kappa shape index (κ1) is 16.6. The third-order valence-corrected chi connectivity index (χ3v) is 2.39. The number of halogens is 2. The molecule has 21 heavy (non-hydrogen) atoms. The van der Waals surface area contributed by atoms with Crippen molar-refractivity contribution in [2.75, 3.05) is 12.4 Å². The molecule has 0 aliphatic carbocycles. The van der Waals surface area contributed by atoms with E-state index in [1.165, 1.54) is 25.3 Å². The highest BCUT2D eigenvalue weighted by atomic mass is 19.3. The van der Waals surface area contributed by atoms with E-state index in [1.807, 2.05) is 0 Å². The molecule has 9 heteroatoms. The SMILES string of the molecule is COc1ccc(OC(F)F)c(NC(=O)C(N)CC(=O)O)c1. The van der Waals surface area contributed by atoms with Crippen LogP contribution in [0.5, 0.6) is 11.5 Å². The van der Waals surface area contributed by atoms with Crippen LogP contribution in [0.15, 0.2) is 18.2 Å². The fourth-order valence-corrected chi connectivity index (χ4v) is 1.44. The van der Waals surface area contributed by atoms with E-state index in [2.05, 4.69) is 10.1 Å². The van der Waals surface area contributed by atoms with E-state index in [0.717, 1.165) is 0 Å². The second-order valence-electron chi connectivity index (χ2n) is 3.93. The minimum atomic E-state index is -3.08. The van der Waals surface area contributed by atoms with Gasteiger partial charge in [-0.25, -0.2) is 0 Å². The van der Waals surface area contributed by atoms with Crippen molar-refractivity contribution < 1.29 is 33.0 Å². The van der Waals surface area contributed by atoms with E-state index in [0.29, 0.717) is 5.75 Å². The van der Waals surface area contributed by atoms with Crippen LogP contribution in [0.4, 0.5) is 14.5 Å². The number of aliphatic carboxylic acids is 1. The maximum absolute atomic E-state index is 12.3. The van der Waals surface area contributed by atoms with Crippen molar-refractivity contribution in [3.8, 4) is 11.5 Å². The molecule has 0 radical (unpaired) electrons. The molecule has 0 aliphatic heterocycles. The Morgan fingerprint density at radius 3 is 2.62 bits per heavy atom. The van der Waals surface area contributed by atoms with E-state index in [1.54, 1.807) is 0 Å². The average molecular weight is 304 g/mol. The van der Waals surface area contributed by atoms with E-state index in [4.69, 9.17) is 15.6 Å². The molecule has 0 saturated carbocycles. The van der Waals surface area contributed by atoms with Gasteiger partial charge < -0.3 is 25.6 Å². The van der Waals surface area contributed by atoms with Crippen molar-refractivity contribution in [3.63, 3.8) is 0 Å². The van der Waals surface area contributed by atoms with Crippen LogP contribution >= 0.6 is 0 Å². The van der Waals surface area contributed by atoms with E-state index in [-0.39, 0.29) is 11.4 Å². The van der Waals surface area contributed by atoms with Crippen molar-refractivity contribution >= 4 is 17.6 Å². The Kier molecular flexibility index (Phi) is 5.85. The molecule has 0 saturated heterocycles. The number of hydrogen-bond acceptors (Lipinski definition) is 5. The molecule has 0 aromatic heterocycles. The van der Waals surface area contributed by atoms with Gasteiger partial charge in [0.15, 0.2) is 0 Å². The normalized spacial score (nSPS) is 11.9. The standard InChI is InChI=1S/C12H14F2N2O5/c1-20-6-2-3-9(21-12(13)14)8(4-6)16-11(19)7(15)5-10(17)18/h2-4,7,12H,5,15H2,1H3,(H,16,19)(H,17,18). The number of benzene rings is 1. The summed E-state index contributed by atoms with van der Waals surface area (Å²) in [4.78, 5) is 22.2. The molecule has 1 amide bonds. The van der Waals surface area contributed by atoms with E-state index in [9.17, 15) is 18.4 Å². The minimum Gasteiger partial charge on any atom is -0.497 e. The lowest BCUT2D eigenvalue weighted by molar-refractivity contribution is -0.138. The molecule has 0 fully saturated rings. The highest BCUT2D eigenvalue weighted by molar-refractivity contribution is 5.97. The maximum Gasteiger partial charge on any atom is 0.387 e. The molecule has 0 bridgehead atoms. The molecule has 0 heterocycles. The highest BCUT2D eigenvalue weighted by Gasteiger charge is 2.20. The number of hydrogen-bond donors (Lipinski definition) is 3. The molecule has 1 aromatic carbocycles. The quantitative estimate of drug-likeness (QED) is 0.694.